The van der Waals surface area contributed by atoms with Gasteiger partial charge in [0.2, 0.25) is 0 Å². The number of morpholine rings is 1. The van der Waals surface area contributed by atoms with Gasteiger partial charge in [0.1, 0.15) is 17.0 Å². The lowest BCUT2D eigenvalue weighted by Crippen LogP contribution is -3.16. The molecule has 1 amide bonds. The van der Waals surface area contributed by atoms with E-state index < -0.39 is 0 Å². The molecule has 4 heterocycles. The summed E-state index contributed by atoms with van der Waals surface area (Å²) in [4.78, 5) is 29.5. The molecule has 7 nitrogen and oxygen atoms in total. The van der Waals surface area contributed by atoms with Crippen molar-refractivity contribution in [3.05, 3.63) is 42.7 Å². The number of ether oxygens (including phenoxy) is 1. The number of hydrogen-bond acceptors (Lipinski definition) is 6. The first-order valence-corrected chi connectivity index (χ1v) is 11.3. The average Bonchev–Trinajstić information content (AvgIpc) is 3.25. The van der Waals surface area contributed by atoms with Crippen LogP contribution in [0.2, 0.25) is 0 Å². The molecule has 2 aromatic heterocycles. The third-order valence-electron chi connectivity index (χ3n) is 5.90. The van der Waals surface area contributed by atoms with Crippen LogP contribution in [0.3, 0.4) is 0 Å². The van der Waals surface area contributed by atoms with Gasteiger partial charge in [-0.2, -0.15) is 0 Å². The molecule has 2 aliphatic heterocycles. The van der Waals surface area contributed by atoms with Gasteiger partial charge in [-0.3, -0.25) is 4.79 Å². The van der Waals surface area contributed by atoms with Crippen LogP contribution in [0.1, 0.15) is 0 Å². The highest BCUT2D eigenvalue weighted by Gasteiger charge is 2.27. The fraction of sp³-hybridized carbons (Fsp3) is 0.409. The molecule has 0 radical (unpaired) electrons. The molecule has 3 aromatic rings. The Balaban J connectivity index is 1.27. The normalized spacial score (nSPS) is 18.1. The Morgan fingerprint density at radius 2 is 1.83 bits per heavy atom. The van der Waals surface area contributed by atoms with Crippen LogP contribution in [-0.2, 0) is 9.53 Å². The Hall–Kier alpha value is -2.55. The standard InChI is InChI=1S/C22H25N5O2S/c28-20(26-10-12-29-13-11-26)15-25-6-8-27(9-7-25)21-18-14-19(17-4-2-1-3-5-17)30-22(18)24-16-23-21/h1-5,14,16H,6-13,15H2/p+1. The maximum atomic E-state index is 12.5. The number of rotatable bonds is 4. The van der Waals surface area contributed by atoms with Crippen LogP contribution in [0.5, 0.6) is 0 Å². The van der Waals surface area contributed by atoms with E-state index in [1.54, 1.807) is 17.7 Å². The van der Waals surface area contributed by atoms with E-state index in [-0.39, 0.29) is 5.91 Å². The zero-order chi connectivity index (χ0) is 20.3. The number of aromatic nitrogens is 2. The summed E-state index contributed by atoms with van der Waals surface area (Å²) in [6.45, 7) is 7.01. The molecule has 2 saturated heterocycles. The molecular weight excluding hydrogens is 398 g/mol. The van der Waals surface area contributed by atoms with E-state index in [1.165, 1.54) is 15.3 Å². The number of amides is 1. The van der Waals surface area contributed by atoms with Crippen LogP contribution in [0.4, 0.5) is 5.82 Å². The molecule has 2 fully saturated rings. The Labute approximate surface area is 179 Å². The number of hydrogen-bond donors (Lipinski definition) is 1. The van der Waals surface area contributed by atoms with E-state index in [1.807, 2.05) is 11.0 Å². The zero-order valence-electron chi connectivity index (χ0n) is 16.9. The number of nitrogens with zero attached hydrogens (tertiary/aromatic N) is 4. The lowest BCUT2D eigenvalue weighted by atomic mass is 10.2. The molecular formula is C22H26N5O2S+. The van der Waals surface area contributed by atoms with Crippen molar-refractivity contribution in [3.8, 4) is 10.4 Å². The largest absolute Gasteiger partial charge is 0.378 e. The SMILES string of the molecule is O=C(C[NH+]1CCN(c2ncnc3sc(-c4ccccc4)cc23)CC1)N1CCOCC1. The van der Waals surface area contributed by atoms with Gasteiger partial charge < -0.3 is 19.4 Å². The minimum atomic E-state index is 0.247. The maximum absolute atomic E-state index is 12.5. The van der Waals surface area contributed by atoms with E-state index in [4.69, 9.17) is 4.74 Å². The topological polar surface area (TPSA) is 63.0 Å². The predicted octanol–water partition coefficient (Wildman–Crippen LogP) is 0.922. The number of carbonyl (C=O) groups is 1. The fourth-order valence-corrected chi connectivity index (χ4v) is 5.19. The Morgan fingerprint density at radius 1 is 1.07 bits per heavy atom. The van der Waals surface area contributed by atoms with Crippen molar-refractivity contribution >= 4 is 33.3 Å². The molecule has 8 heteroatoms. The molecule has 0 unspecified atom stereocenters. The Kier molecular flexibility index (Phi) is 5.61. The second-order valence-electron chi connectivity index (χ2n) is 7.80. The number of quaternary nitrogens is 1. The van der Waals surface area contributed by atoms with Crippen LogP contribution in [-0.4, -0.2) is 79.8 Å². The number of carbonyl (C=O) groups excluding carboxylic acids is 1. The highest BCUT2D eigenvalue weighted by atomic mass is 32.1. The van der Waals surface area contributed by atoms with Crippen molar-refractivity contribution in [2.75, 3.05) is 63.9 Å². The zero-order valence-corrected chi connectivity index (χ0v) is 17.7. The highest BCUT2D eigenvalue weighted by molar-refractivity contribution is 7.21. The van der Waals surface area contributed by atoms with Gasteiger partial charge in [0.15, 0.2) is 6.54 Å². The van der Waals surface area contributed by atoms with Gasteiger partial charge in [0.25, 0.3) is 5.91 Å². The first-order chi connectivity index (χ1) is 14.8. The fourth-order valence-electron chi connectivity index (χ4n) is 4.19. The molecule has 2 aliphatic rings. The van der Waals surface area contributed by atoms with Crippen molar-refractivity contribution in [3.63, 3.8) is 0 Å². The van der Waals surface area contributed by atoms with Gasteiger partial charge in [-0.05, 0) is 11.6 Å². The molecule has 0 spiro atoms. The first kappa shape index (κ1) is 19.4. The number of nitrogens with one attached hydrogen (secondary N) is 1. The highest BCUT2D eigenvalue weighted by Crippen LogP contribution is 2.35. The summed E-state index contributed by atoms with van der Waals surface area (Å²) >= 11 is 1.71. The van der Waals surface area contributed by atoms with Gasteiger partial charge in [-0.25, -0.2) is 9.97 Å². The third-order valence-corrected chi connectivity index (χ3v) is 6.99. The number of fused-ring (bicyclic) bond motifs is 1. The summed E-state index contributed by atoms with van der Waals surface area (Å²) in [7, 11) is 0. The molecule has 1 aromatic carbocycles. The van der Waals surface area contributed by atoms with Crippen LogP contribution >= 0.6 is 11.3 Å². The number of benzene rings is 1. The van der Waals surface area contributed by atoms with Crippen molar-refractivity contribution in [1.82, 2.24) is 14.9 Å². The summed E-state index contributed by atoms with van der Waals surface area (Å²) in [5.41, 5.74) is 1.21. The third kappa shape index (κ3) is 4.03. The molecule has 0 bridgehead atoms. The van der Waals surface area contributed by atoms with Crippen molar-refractivity contribution in [2.45, 2.75) is 0 Å². The Morgan fingerprint density at radius 3 is 2.60 bits per heavy atom. The van der Waals surface area contributed by atoms with E-state index in [0.717, 1.165) is 55.3 Å². The summed E-state index contributed by atoms with van der Waals surface area (Å²) in [5, 5.41) is 1.12. The van der Waals surface area contributed by atoms with Crippen molar-refractivity contribution in [2.24, 2.45) is 0 Å². The minimum Gasteiger partial charge on any atom is -0.378 e. The van der Waals surface area contributed by atoms with Crippen LogP contribution in [0.15, 0.2) is 42.7 Å². The summed E-state index contributed by atoms with van der Waals surface area (Å²) in [6, 6.07) is 12.6. The van der Waals surface area contributed by atoms with Crippen LogP contribution in [0, 0.1) is 0 Å². The van der Waals surface area contributed by atoms with Gasteiger partial charge in [-0.15, -0.1) is 11.3 Å². The van der Waals surface area contributed by atoms with Gasteiger partial charge in [0, 0.05) is 18.0 Å². The summed E-state index contributed by atoms with van der Waals surface area (Å²) in [6.07, 6.45) is 1.67. The van der Waals surface area contributed by atoms with Crippen molar-refractivity contribution < 1.29 is 14.4 Å². The molecule has 0 aliphatic carbocycles. The lowest BCUT2D eigenvalue weighted by molar-refractivity contribution is -0.892. The summed E-state index contributed by atoms with van der Waals surface area (Å²) in [5.74, 6) is 1.26. The number of piperazine rings is 1. The van der Waals surface area contributed by atoms with E-state index in [0.29, 0.717) is 19.8 Å². The van der Waals surface area contributed by atoms with Crippen LogP contribution in [0.25, 0.3) is 20.7 Å². The first-order valence-electron chi connectivity index (χ1n) is 10.5. The van der Waals surface area contributed by atoms with E-state index in [9.17, 15) is 4.79 Å². The minimum absolute atomic E-state index is 0.247. The molecule has 0 atom stereocenters. The second-order valence-corrected chi connectivity index (χ2v) is 8.83. The quantitative estimate of drug-likeness (QED) is 0.675. The van der Waals surface area contributed by atoms with Gasteiger partial charge in [-0.1, -0.05) is 30.3 Å². The summed E-state index contributed by atoms with van der Waals surface area (Å²) < 4.78 is 5.35. The number of anilines is 1. The average molecular weight is 425 g/mol. The van der Waals surface area contributed by atoms with E-state index in [2.05, 4.69) is 45.2 Å². The molecule has 30 heavy (non-hydrogen) atoms. The van der Waals surface area contributed by atoms with Gasteiger partial charge >= 0.3 is 0 Å². The molecule has 0 saturated carbocycles. The molecule has 1 N–H and O–H groups in total. The Bertz CT molecular complexity index is 1010. The predicted molar refractivity (Wildman–Crippen MR) is 118 cm³/mol. The lowest BCUT2D eigenvalue weighted by Gasteiger charge is -2.34. The monoisotopic (exact) mass is 424 g/mol. The van der Waals surface area contributed by atoms with Crippen LogP contribution < -0.4 is 9.80 Å². The maximum Gasteiger partial charge on any atom is 0.277 e. The van der Waals surface area contributed by atoms with Gasteiger partial charge in [0.05, 0.1) is 44.8 Å². The smallest absolute Gasteiger partial charge is 0.277 e. The number of thiophene rings is 1. The molecule has 156 valence electrons. The second kappa shape index (κ2) is 8.67. The van der Waals surface area contributed by atoms with Crippen molar-refractivity contribution in [1.29, 1.82) is 0 Å². The van der Waals surface area contributed by atoms with E-state index >= 15 is 0 Å². The molecule has 5 rings (SSSR count).